The molecule has 0 unspecified atom stereocenters. The standard InChI is InChI=1S/C18H16ClFN4O/c1-10-4-7-16(11(2)8-10)21-18(25)17-12(3)24(23-22-17)13-5-6-15(20)14(19)9-13/h4-9H,1-3H3,(H,21,25). The SMILES string of the molecule is Cc1ccc(NC(=O)c2nnn(-c3ccc(F)c(Cl)c3)c2C)c(C)c1. The molecule has 0 saturated carbocycles. The summed E-state index contributed by atoms with van der Waals surface area (Å²) in [6, 6.07) is 9.96. The zero-order chi connectivity index (χ0) is 18.1. The van der Waals surface area contributed by atoms with Crippen LogP contribution in [0.4, 0.5) is 10.1 Å². The van der Waals surface area contributed by atoms with E-state index in [-0.39, 0.29) is 16.6 Å². The molecule has 25 heavy (non-hydrogen) atoms. The molecule has 1 aromatic heterocycles. The number of rotatable bonds is 3. The van der Waals surface area contributed by atoms with Gasteiger partial charge in [-0.1, -0.05) is 34.5 Å². The van der Waals surface area contributed by atoms with E-state index in [0.29, 0.717) is 11.4 Å². The first-order valence-corrected chi connectivity index (χ1v) is 8.01. The number of hydrogen-bond donors (Lipinski definition) is 1. The number of nitrogens with one attached hydrogen (secondary N) is 1. The molecule has 0 fully saturated rings. The van der Waals surface area contributed by atoms with Gasteiger partial charge in [-0.2, -0.15) is 0 Å². The second-order valence-corrected chi connectivity index (χ2v) is 6.21. The van der Waals surface area contributed by atoms with E-state index in [1.165, 1.54) is 22.9 Å². The van der Waals surface area contributed by atoms with Gasteiger partial charge in [0.2, 0.25) is 0 Å². The van der Waals surface area contributed by atoms with E-state index in [1.807, 2.05) is 32.0 Å². The van der Waals surface area contributed by atoms with Crippen LogP contribution in [0.5, 0.6) is 0 Å². The topological polar surface area (TPSA) is 59.8 Å². The van der Waals surface area contributed by atoms with Crippen molar-refractivity contribution < 1.29 is 9.18 Å². The third kappa shape index (κ3) is 3.39. The number of hydrogen-bond acceptors (Lipinski definition) is 3. The van der Waals surface area contributed by atoms with E-state index in [0.717, 1.165) is 16.8 Å². The monoisotopic (exact) mass is 358 g/mol. The molecule has 0 atom stereocenters. The minimum Gasteiger partial charge on any atom is -0.320 e. The zero-order valence-corrected chi connectivity index (χ0v) is 14.7. The lowest BCUT2D eigenvalue weighted by Gasteiger charge is -2.08. The summed E-state index contributed by atoms with van der Waals surface area (Å²) in [5.74, 6) is -0.875. The fraction of sp³-hybridized carbons (Fsp3) is 0.167. The minimum absolute atomic E-state index is 0.0197. The molecule has 0 aliphatic heterocycles. The second-order valence-electron chi connectivity index (χ2n) is 5.81. The Kier molecular flexibility index (Phi) is 4.55. The van der Waals surface area contributed by atoms with E-state index < -0.39 is 5.82 Å². The highest BCUT2D eigenvalue weighted by atomic mass is 35.5. The summed E-state index contributed by atoms with van der Waals surface area (Å²) < 4.78 is 14.8. The summed E-state index contributed by atoms with van der Waals surface area (Å²) in [5, 5.41) is 10.8. The van der Waals surface area contributed by atoms with Gasteiger partial charge in [-0.25, -0.2) is 9.07 Å². The van der Waals surface area contributed by atoms with Crippen molar-refractivity contribution in [2.45, 2.75) is 20.8 Å². The van der Waals surface area contributed by atoms with Crippen molar-refractivity contribution in [3.05, 3.63) is 69.8 Å². The first kappa shape index (κ1) is 17.1. The van der Waals surface area contributed by atoms with Crippen LogP contribution in [0.1, 0.15) is 27.3 Å². The van der Waals surface area contributed by atoms with Crippen LogP contribution in [0.15, 0.2) is 36.4 Å². The molecule has 2 aromatic carbocycles. The van der Waals surface area contributed by atoms with Crippen molar-refractivity contribution in [3.63, 3.8) is 0 Å². The number of carbonyl (C=O) groups is 1. The van der Waals surface area contributed by atoms with Gasteiger partial charge in [0, 0.05) is 5.69 Å². The summed E-state index contributed by atoms with van der Waals surface area (Å²) in [6.45, 7) is 5.63. The van der Waals surface area contributed by atoms with E-state index in [1.54, 1.807) is 6.92 Å². The van der Waals surface area contributed by atoms with Crippen molar-refractivity contribution in [3.8, 4) is 5.69 Å². The van der Waals surface area contributed by atoms with E-state index in [9.17, 15) is 9.18 Å². The van der Waals surface area contributed by atoms with Gasteiger partial charge in [0.1, 0.15) is 5.82 Å². The zero-order valence-electron chi connectivity index (χ0n) is 14.0. The van der Waals surface area contributed by atoms with Crippen molar-refractivity contribution in [1.29, 1.82) is 0 Å². The number of benzene rings is 2. The van der Waals surface area contributed by atoms with Crippen LogP contribution in [0, 0.1) is 26.6 Å². The third-order valence-electron chi connectivity index (χ3n) is 3.89. The van der Waals surface area contributed by atoms with Crippen LogP contribution >= 0.6 is 11.6 Å². The second kappa shape index (κ2) is 6.64. The highest BCUT2D eigenvalue weighted by Gasteiger charge is 2.18. The number of aromatic nitrogens is 3. The highest BCUT2D eigenvalue weighted by molar-refractivity contribution is 6.30. The Labute approximate surface area is 149 Å². The molecule has 0 saturated heterocycles. The number of nitrogens with zero attached hydrogens (tertiary/aromatic N) is 3. The Morgan fingerprint density at radius 3 is 2.60 bits per heavy atom. The number of aryl methyl sites for hydroxylation is 2. The molecular weight excluding hydrogens is 343 g/mol. The minimum atomic E-state index is -0.518. The first-order valence-electron chi connectivity index (χ1n) is 7.63. The van der Waals surface area contributed by atoms with Crippen molar-refractivity contribution in [1.82, 2.24) is 15.0 Å². The maximum Gasteiger partial charge on any atom is 0.278 e. The van der Waals surface area contributed by atoms with Gasteiger partial charge in [0.05, 0.1) is 16.4 Å². The molecule has 7 heteroatoms. The summed E-state index contributed by atoms with van der Waals surface area (Å²) in [5.41, 5.74) is 4.05. The highest BCUT2D eigenvalue weighted by Crippen LogP contribution is 2.21. The number of carbonyl (C=O) groups excluding carboxylic acids is 1. The Bertz CT molecular complexity index is 968. The lowest BCUT2D eigenvalue weighted by atomic mass is 10.1. The fourth-order valence-corrected chi connectivity index (χ4v) is 2.71. The Morgan fingerprint density at radius 2 is 1.92 bits per heavy atom. The molecule has 0 aliphatic carbocycles. The molecule has 1 N–H and O–H groups in total. The molecule has 0 bridgehead atoms. The van der Waals surface area contributed by atoms with Crippen LogP contribution in [0.3, 0.4) is 0 Å². The molecule has 3 aromatic rings. The van der Waals surface area contributed by atoms with Gasteiger partial charge < -0.3 is 5.32 Å². The van der Waals surface area contributed by atoms with E-state index in [2.05, 4.69) is 15.6 Å². The van der Waals surface area contributed by atoms with Gasteiger partial charge in [0.15, 0.2) is 5.69 Å². The molecular formula is C18H16ClFN4O. The van der Waals surface area contributed by atoms with Gasteiger partial charge >= 0.3 is 0 Å². The van der Waals surface area contributed by atoms with Gasteiger partial charge in [-0.15, -0.1) is 5.10 Å². The summed E-state index contributed by atoms with van der Waals surface area (Å²) in [6.07, 6.45) is 0. The fourth-order valence-electron chi connectivity index (χ4n) is 2.54. The Balaban J connectivity index is 1.89. The van der Waals surface area contributed by atoms with Gasteiger partial charge in [0.25, 0.3) is 5.91 Å². The van der Waals surface area contributed by atoms with Gasteiger partial charge in [-0.05, 0) is 50.6 Å². The van der Waals surface area contributed by atoms with E-state index in [4.69, 9.17) is 11.6 Å². The lowest BCUT2D eigenvalue weighted by Crippen LogP contribution is -2.15. The Morgan fingerprint density at radius 1 is 1.16 bits per heavy atom. The predicted octanol–water partition coefficient (Wildman–Crippen LogP) is 4.24. The van der Waals surface area contributed by atoms with Crippen molar-refractivity contribution in [2.75, 3.05) is 5.32 Å². The molecule has 128 valence electrons. The van der Waals surface area contributed by atoms with Crippen molar-refractivity contribution >= 4 is 23.2 Å². The predicted molar refractivity (Wildman–Crippen MR) is 94.9 cm³/mol. The van der Waals surface area contributed by atoms with Crippen LogP contribution < -0.4 is 5.32 Å². The molecule has 3 rings (SSSR count). The van der Waals surface area contributed by atoms with Crippen LogP contribution in [0.25, 0.3) is 5.69 Å². The third-order valence-corrected chi connectivity index (χ3v) is 4.18. The van der Waals surface area contributed by atoms with Crippen LogP contribution in [-0.4, -0.2) is 20.9 Å². The molecule has 0 aliphatic rings. The van der Waals surface area contributed by atoms with Crippen LogP contribution in [-0.2, 0) is 0 Å². The largest absolute Gasteiger partial charge is 0.320 e. The summed E-state index contributed by atoms with van der Waals surface area (Å²) in [7, 11) is 0. The Hall–Kier alpha value is -2.73. The molecule has 0 radical (unpaired) electrons. The average Bonchev–Trinajstić information content (AvgIpc) is 2.94. The number of anilines is 1. The number of halogens is 2. The number of amides is 1. The quantitative estimate of drug-likeness (QED) is 0.761. The molecule has 0 spiro atoms. The van der Waals surface area contributed by atoms with E-state index >= 15 is 0 Å². The maximum absolute atomic E-state index is 13.3. The summed E-state index contributed by atoms with van der Waals surface area (Å²) in [4.78, 5) is 12.5. The smallest absolute Gasteiger partial charge is 0.278 e. The maximum atomic E-state index is 13.3. The molecule has 5 nitrogen and oxygen atoms in total. The van der Waals surface area contributed by atoms with Crippen LogP contribution in [0.2, 0.25) is 5.02 Å². The van der Waals surface area contributed by atoms with Crippen molar-refractivity contribution in [2.24, 2.45) is 0 Å². The normalized spacial score (nSPS) is 10.8. The lowest BCUT2D eigenvalue weighted by molar-refractivity contribution is 0.102. The average molecular weight is 359 g/mol. The summed E-state index contributed by atoms with van der Waals surface area (Å²) >= 11 is 5.81. The van der Waals surface area contributed by atoms with Gasteiger partial charge in [-0.3, -0.25) is 4.79 Å². The molecule has 1 heterocycles. The first-order chi connectivity index (χ1) is 11.9. The molecule has 1 amide bonds.